The van der Waals surface area contributed by atoms with E-state index in [0.29, 0.717) is 31.7 Å². The molecular weight excluding hydrogens is 364 g/mol. The number of benzene rings is 1. The van der Waals surface area contributed by atoms with Crippen LogP contribution in [0.5, 0.6) is 11.5 Å². The fourth-order valence-electron chi connectivity index (χ4n) is 5.20. The van der Waals surface area contributed by atoms with Crippen molar-refractivity contribution in [1.82, 2.24) is 9.80 Å². The topological polar surface area (TPSA) is 42.0 Å². The van der Waals surface area contributed by atoms with Gasteiger partial charge >= 0.3 is 0 Å². The zero-order valence-corrected chi connectivity index (χ0v) is 17.9. The van der Waals surface area contributed by atoms with E-state index in [2.05, 4.69) is 28.9 Å². The number of fused-ring (bicyclic) bond motifs is 1. The largest absolute Gasteiger partial charge is 0.486 e. The maximum Gasteiger partial charge on any atom is 0.226 e. The Morgan fingerprint density at radius 1 is 1.03 bits per heavy atom. The SMILES string of the molecule is CCN1CCC[C@@H]1CN(Cc1ccc2c(c1)OCCO2)C(=O)C1CCCCCC1. The molecule has 0 aromatic heterocycles. The lowest BCUT2D eigenvalue weighted by molar-refractivity contribution is -0.137. The molecule has 0 N–H and O–H groups in total. The molecule has 29 heavy (non-hydrogen) atoms. The molecule has 2 fully saturated rings. The van der Waals surface area contributed by atoms with Crippen molar-refractivity contribution in [2.75, 3.05) is 32.8 Å². The highest BCUT2D eigenvalue weighted by atomic mass is 16.6. The third-order valence-electron chi connectivity index (χ3n) is 6.83. The molecule has 3 aliphatic rings. The number of nitrogens with zero attached hydrogens (tertiary/aromatic N) is 2. The van der Waals surface area contributed by atoms with Crippen LogP contribution in [0.25, 0.3) is 0 Å². The molecule has 1 saturated carbocycles. The first-order valence-electron chi connectivity index (χ1n) is 11.7. The summed E-state index contributed by atoms with van der Waals surface area (Å²) < 4.78 is 11.4. The number of rotatable bonds is 6. The van der Waals surface area contributed by atoms with Crippen molar-refractivity contribution < 1.29 is 14.3 Å². The van der Waals surface area contributed by atoms with Gasteiger partial charge in [-0.05, 0) is 56.5 Å². The minimum atomic E-state index is 0.200. The van der Waals surface area contributed by atoms with E-state index in [1.165, 1.54) is 38.5 Å². The molecule has 1 aromatic rings. The van der Waals surface area contributed by atoms with Crippen LogP contribution in [0.2, 0.25) is 0 Å². The number of carbonyl (C=O) groups excluding carboxylic acids is 1. The average molecular weight is 401 g/mol. The van der Waals surface area contributed by atoms with Crippen LogP contribution in [0.4, 0.5) is 0 Å². The predicted octanol–water partition coefficient (Wildman–Crippen LogP) is 4.24. The second-order valence-electron chi connectivity index (χ2n) is 8.81. The van der Waals surface area contributed by atoms with Crippen LogP contribution >= 0.6 is 0 Å². The van der Waals surface area contributed by atoms with Crippen molar-refractivity contribution in [3.63, 3.8) is 0 Å². The summed E-state index contributed by atoms with van der Waals surface area (Å²) in [5.41, 5.74) is 1.14. The summed E-state index contributed by atoms with van der Waals surface area (Å²) >= 11 is 0. The molecule has 1 atom stereocenters. The fourth-order valence-corrected chi connectivity index (χ4v) is 5.20. The molecule has 160 valence electrons. The highest BCUT2D eigenvalue weighted by Crippen LogP contribution is 2.32. The standard InChI is InChI=1S/C24H36N2O3/c1-2-25-13-7-10-21(25)18-26(24(27)20-8-5-3-4-6-9-20)17-19-11-12-22-23(16-19)29-15-14-28-22/h11-12,16,20-21H,2-10,13-15,17-18H2,1H3/t21-/m1/s1. The molecule has 0 radical (unpaired) electrons. The van der Waals surface area contributed by atoms with E-state index in [9.17, 15) is 4.79 Å². The highest BCUT2D eigenvalue weighted by Gasteiger charge is 2.31. The van der Waals surface area contributed by atoms with E-state index in [1.807, 2.05) is 6.07 Å². The van der Waals surface area contributed by atoms with Gasteiger partial charge in [0.25, 0.3) is 0 Å². The first-order valence-corrected chi connectivity index (χ1v) is 11.7. The Labute approximate surface area is 175 Å². The minimum Gasteiger partial charge on any atom is -0.486 e. The zero-order valence-electron chi connectivity index (χ0n) is 17.9. The molecule has 1 aromatic carbocycles. The summed E-state index contributed by atoms with van der Waals surface area (Å²) in [6.45, 7) is 7.17. The normalized spacial score (nSPS) is 23.0. The van der Waals surface area contributed by atoms with Crippen molar-refractivity contribution >= 4 is 5.91 Å². The number of likely N-dealkylation sites (tertiary alicyclic amines) is 1. The Bertz CT molecular complexity index is 685. The molecule has 5 heteroatoms. The van der Waals surface area contributed by atoms with Crippen LogP contribution in [-0.2, 0) is 11.3 Å². The lowest BCUT2D eigenvalue weighted by Gasteiger charge is -2.33. The smallest absolute Gasteiger partial charge is 0.226 e. The Hall–Kier alpha value is -1.75. The molecule has 1 saturated heterocycles. The summed E-state index contributed by atoms with van der Waals surface area (Å²) in [4.78, 5) is 18.3. The average Bonchev–Trinajstić information content (AvgIpc) is 3.02. The van der Waals surface area contributed by atoms with E-state index in [-0.39, 0.29) is 5.92 Å². The summed E-state index contributed by atoms with van der Waals surface area (Å²) in [5.74, 6) is 2.19. The van der Waals surface area contributed by atoms with Crippen LogP contribution < -0.4 is 9.47 Å². The summed E-state index contributed by atoms with van der Waals surface area (Å²) in [6, 6.07) is 6.64. The van der Waals surface area contributed by atoms with Gasteiger partial charge < -0.3 is 14.4 Å². The van der Waals surface area contributed by atoms with Gasteiger partial charge in [-0.1, -0.05) is 38.7 Å². The van der Waals surface area contributed by atoms with Gasteiger partial charge in [-0.3, -0.25) is 9.69 Å². The molecular formula is C24H36N2O3. The van der Waals surface area contributed by atoms with Gasteiger partial charge in [0.15, 0.2) is 11.5 Å². The van der Waals surface area contributed by atoms with Crippen molar-refractivity contribution in [1.29, 1.82) is 0 Å². The van der Waals surface area contributed by atoms with E-state index in [1.54, 1.807) is 0 Å². The van der Waals surface area contributed by atoms with E-state index < -0.39 is 0 Å². The molecule has 1 aliphatic carbocycles. The van der Waals surface area contributed by atoms with Crippen LogP contribution in [-0.4, -0.2) is 54.6 Å². The van der Waals surface area contributed by atoms with Gasteiger partial charge in [0.2, 0.25) is 5.91 Å². The molecule has 2 aliphatic heterocycles. The van der Waals surface area contributed by atoms with E-state index >= 15 is 0 Å². The lowest BCUT2D eigenvalue weighted by atomic mass is 9.97. The zero-order chi connectivity index (χ0) is 20.1. The fraction of sp³-hybridized carbons (Fsp3) is 0.708. The first-order chi connectivity index (χ1) is 14.2. The monoisotopic (exact) mass is 400 g/mol. The second-order valence-corrected chi connectivity index (χ2v) is 8.81. The Kier molecular flexibility index (Phi) is 6.96. The molecule has 2 heterocycles. The summed E-state index contributed by atoms with van der Waals surface area (Å²) in [7, 11) is 0. The number of ether oxygens (including phenoxy) is 2. The summed E-state index contributed by atoms with van der Waals surface area (Å²) in [6.07, 6.45) is 9.49. The third kappa shape index (κ3) is 5.06. The van der Waals surface area contributed by atoms with Gasteiger partial charge in [0.1, 0.15) is 13.2 Å². The Morgan fingerprint density at radius 2 is 1.79 bits per heavy atom. The predicted molar refractivity (Wildman–Crippen MR) is 114 cm³/mol. The van der Waals surface area contributed by atoms with Crippen LogP contribution in [0.1, 0.15) is 63.9 Å². The van der Waals surface area contributed by atoms with Crippen molar-refractivity contribution in [3.8, 4) is 11.5 Å². The van der Waals surface area contributed by atoms with Gasteiger partial charge in [-0.25, -0.2) is 0 Å². The number of hydrogen-bond donors (Lipinski definition) is 0. The van der Waals surface area contributed by atoms with E-state index in [0.717, 1.165) is 49.5 Å². The van der Waals surface area contributed by atoms with Gasteiger partial charge in [-0.2, -0.15) is 0 Å². The Balaban J connectivity index is 1.51. The van der Waals surface area contributed by atoms with Gasteiger partial charge in [-0.15, -0.1) is 0 Å². The van der Waals surface area contributed by atoms with Crippen molar-refractivity contribution in [2.45, 2.75) is 70.9 Å². The van der Waals surface area contributed by atoms with Crippen LogP contribution in [0.3, 0.4) is 0 Å². The molecule has 0 bridgehead atoms. The van der Waals surface area contributed by atoms with E-state index in [4.69, 9.17) is 9.47 Å². The molecule has 1 amide bonds. The maximum atomic E-state index is 13.6. The van der Waals surface area contributed by atoms with Crippen molar-refractivity contribution in [2.24, 2.45) is 5.92 Å². The first kappa shape index (κ1) is 20.5. The number of likely N-dealkylation sites (N-methyl/N-ethyl adjacent to an activating group) is 1. The molecule has 4 rings (SSSR count). The highest BCUT2D eigenvalue weighted by molar-refractivity contribution is 5.79. The quantitative estimate of drug-likeness (QED) is 0.670. The number of carbonyl (C=O) groups is 1. The summed E-state index contributed by atoms with van der Waals surface area (Å²) in [5, 5.41) is 0. The van der Waals surface area contributed by atoms with Crippen LogP contribution in [0.15, 0.2) is 18.2 Å². The van der Waals surface area contributed by atoms with Crippen LogP contribution in [0, 0.1) is 5.92 Å². The molecule has 5 nitrogen and oxygen atoms in total. The second kappa shape index (κ2) is 9.84. The maximum absolute atomic E-state index is 13.6. The number of hydrogen-bond acceptors (Lipinski definition) is 4. The molecule has 0 spiro atoms. The number of amides is 1. The van der Waals surface area contributed by atoms with Crippen molar-refractivity contribution in [3.05, 3.63) is 23.8 Å². The molecule has 0 unspecified atom stereocenters. The third-order valence-corrected chi connectivity index (χ3v) is 6.83. The van der Waals surface area contributed by atoms with Gasteiger partial charge in [0.05, 0.1) is 0 Å². The lowest BCUT2D eigenvalue weighted by Crippen LogP contribution is -2.44. The minimum absolute atomic E-state index is 0.200. The Morgan fingerprint density at radius 3 is 2.55 bits per heavy atom. The van der Waals surface area contributed by atoms with Gasteiger partial charge in [0, 0.05) is 25.0 Å².